The van der Waals surface area contributed by atoms with Gasteiger partial charge in [0.05, 0.1) is 25.0 Å². The Kier molecular flexibility index (Phi) is 10.8. The molecule has 31 heavy (non-hydrogen) atoms. The van der Waals surface area contributed by atoms with Gasteiger partial charge in [0.25, 0.3) is 0 Å². The highest BCUT2D eigenvalue weighted by atomic mass is 16.5. The topological polar surface area (TPSA) is 72.8 Å². The Morgan fingerprint density at radius 2 is 2.06 bits per heavy atom. The molecule has 5 unspecified atom stereocenters. The third kappa shape index (κ3) is 8.10. The number of ether oxygens (including phenoxy) is 2. The van der Waals surface area contributed by atoms with E-state index in [1.807, 2.05) is 20.8 Å². The van der Waals surface area contributed by atoms with Gasteiger partial charge >= 0.3 is 11.9 Å². The maximum absolute atomic E-state index is 11.5. The minimum atomic E-state index is -0.511. The van der Waals surface area contributed by atoms with Crippen molar-refractivity contribution in [2.45, 2.75) is 97.7 Å². The Hall–Kier alpha value is -1.62. The molecular formula is C26H42O5. The molecule has 0 aromatic rings. The normalized spacial score (nSPS) is 31.2. The van der Waals surface area contributed by atoms with Crippen LogP contribution in [0.15, 0.2) is 23.8 Å². The monoisotopic (exact) mass is 434 g/mol. The Balaban J connectivity index is 0.000000323. The Labute approximate surface area is 188 Å². The molecule has 2 aliphatic carbocycles. The first kappa shape index (κ1) is 25.6. The number of cyclic esters (lactones) is 1. The first-order valence-electron chi connectivity index (χ1n) is 12.3. The van der Waals surface area contributed by atoms with Gasteiger partial charge < -0.3 is 14.6 Å². The van der Waals surface area contributed by atoms with Crippen LogP contribution in [0.4, 0.5) is 0 Å². The number of carbonyl (C=O) groups is 2. The van der Waals surface area contributed by atoms with E-state index >= 15 is 0 Å². The van der Waals surface area contributed by atoms with Crippen LogP contribution in [0.25, 0.3) is 0 Å². The summed E-state index contributed by atoms with van der Waals surface area (Å²) >= 11 is 0. The van der Waals surface area contributed by atoms with Gasteiger partial charge in [-0.15, -0.1) is 0 Å². The van der Waals surface area contributed by atoms with Gasteiger partial charge in [0.2, 0.25) is 0 Å². The van der Waals surface area contributed by atoms with Crippen LogP contribution in [0.2, 0.25) is 0 Å². The fraction of sp³-hybridized carbons (Fsp3) is 0.769. The summed E-state index contributed by atoms with van der Waals surface area (Å²) in [6, 6.07) is 0. The molecule has 5 heteroatoms. The van der Waals surface area contributed by atoms with Crippen molar-refractivity contribution in [3.05, 3.63) is 23.8 Å². The van der Waals surface area contributed by atoms with Crippen LogP contribution < -0.4 is 0 Å². The SMILES string of the molecule is CC1C=CC2=CCCCCC2C1CC[C@@H]1CC(O)CC(=O)O1.CCOC(=O)C(C)CC. The first-order valence-corrected chi connectivity index (χ1v) is 12.3. The molecule has 3 aliphatic rings. The number of allylic oxidation sites excluding steroid dienone is 4. The van der Waals surface area contributed by atoms with Crippen molar-refractivity contribution in [3.63, 3.8) is 0 Å². The van der Waals surface area contributed by atoms with E-state index in [0.29, 0.717) is 30.8 Å². The molecule has 0 spiro atoms. The van der Waals surface area contributed by atoms with Crippen molar-refractivity contribution in [2.75, 3.05) is 6.61 Å². The van der Waals surface area contributed by atoms with Gasteiger partial charge in [-0.2, -0.15) is 0 Å². The fourth-order valence-electron chi connectivity index (χ4n) is 4.85. The summed E-state index contributed by atoms with van der Waals surface area (Å²) in [5.74, 6) is 1.64. The van der Waals surface area contributed by atoms with Gasteiger partial charge in [0.15, 0.2) is 0 Å². The number of esters is 2. The highest BCUT2D eigenvalue weighted by Gasteiger charge is 2.33. The largest absolute Gasteiger partial charge is 0.466 e. The summed E-state index contributed by atoms with van der Waals surface area (Å²) in [7, 11) is 0. The van der Waals surface area contributed by atoms with Crippen molar-refractivity contribution < 1.29 is 24.2 Å². The van der Waals surface area contributed by atoms with Crippen molar-refractivity contribution in [3.8, 4) is 0 Å². The van der Waals surface area contributed by atoms with E-state index in [1.54, 1.807) is 0 Å². The van der Waals surface area contributed by atoms with Crippen molar-refractivity contribution in [1.29, 1.82) is 0 Å². The van der Waals surface area contributed by atoms with E-state index < -0.39 is 6.10 Å². The average Bonchev–Trinajstić information content (AvgIpc) is 2.98. The van der Waals surface area contributed by atoms with Gasteiger partial charge in [0.1, 0.15) is 6.10 Å². The van der Waals surface area contributed by atoms with Crippen molar-refractivity contribution >= 4 is 11.9 Å². The molecule has 0 aromatic heterocycles. The Bertz CT molecular complexity index is 638. The summed E-state index contributed by atoms with van der Waals surface area (Å²) < 4.78 is 10.2. The summed E-state index contributed by atoms with van der Waals surface area (Å²) in [6.07, 6.45) is 15.2. The number of hydrogen-bond acceptors (Lipinski definition) is 5. The molecule has 0 radical (unpaired) electrons. The highest BCUT2D eigenvalue weighted by molar-refractivity contribution is 5.71. The van der Waals surface area contributed by atoms with E-state index in [1.165, 1.54) is 31.3 Å². The first-order chi connectivity index (χ1) is 14.8. The van der Waals surface area contributed by atoms with Gasteiger partial charge in [-0.1, -0.05) is 45.4 Å². The molecule has 0 bridgehead atoms. The molecule has 0 aromatic carbocycles. The zero-order valence-electron chi connectivity index (χ0n) is 19.8. The van der Waals surface area contributed by atoms with E-state index in [4.69, 9.17) is 9.47 Å². The van der Waals surface area contributed by atoms with Gasteiger partial charge in [-0.25, -0.2) is 0 Å². The molecule has 0 amide bonds. The molecule has 1 heterocycles. The van der Waals surface area contributed by atoms with Crippen LogP contribution in [0.5, 0.6) is 0 Å². The minimum Gasteiger partial charge on any atom is -0.466 e. The standard InChI is InChI=1S/C19H28O3.C7H14O2/c1-13-7-8-14-5-3-2-4-6-18(14)17(13)10-9-16-11-15(20)12-19(21)22-16;1-4-6(3)7(8)9-5-2/h5,7-8,13,15-18,20H,2-4,6,9-12H2,1H3;6H,4-5H2,1-3H3/t13?,15?,16-,17?,18?;/m1./s1. The Morgan fingerprint density at radius 1 is 1.29 bits per heavy atom. The second kappa shape index (κ2) is 13.0. The quantitative estimate of drug-likeness (QED) is 0.569. The van der Waals surface area contributed by atoms with Crippen LogP contribution in [0, 0.1) is 23.7 Å². The number of fused-ring (bicyclic) bond motifs is 1. The molecule has 176 valence electrons. The number of carbonyl (C=O) groups excluding carboxylic acids is 2. The maximum atomic E-state index is 11.5. The second-order valence-electron chi connectivity index (χ2n) is 9.32. The van der Waals surface area contributed by atoms with E-state index in [9.17, 15) is 14.7 Å². The van der Waals surface area contributed by atoms with Crippen molar-refractivity contribution in [1.82, 2.24) is 0 Å². The maximum Gasteiger partial charge on any atom is 0.308 e. The lowest BCUT2D eigenvalue weighted by atomic mass is 9.70. The predicted molar refractivity (Wildman–Crippen MR) is 122 cm³/mol. The summed E-state index contributed by atoms with van der Waals surface area (Å²) in [4.78, 5) is 22.2. The van der Waals surface area contributed by atoms with Crippen LogP contribution in [-0.2, 0) is 19.1 Å². The van der Waals surface area contributed by atoms with Crippen LogP contribution in [-0.4, -0.2) is 35.9 Å². The van der Waals surface area contributed by atoms with E-state index in [2.05, 4.69) is 25.2 Å². The molecule has 5 nitrogen and oxygen atoms in total. The van der Waals surface area contributed by atoms with Crippen LogP contribution in [0.1, 0.15) is 85.5 Å². The second-order valence-corrected chi connectivity index (χ2v) is 9.32. The van der Waals surface area contributed by atoms with Crippen molar-refractivity contribution in [2.24, 2.45) is 23.7 Å². The lowest BCUT2D eigenvalue weighted by Gasteiger charge is -2.36. The van der Waals surface area contributed by atoms with Gasteiger partial charge in [-0.05, 0) is 68.8 Å². The number of rotatable bonds is 6. The molecular weight excluding hydrogens is 392 g/mol. The average molecular weight is 435 g/mol. The lowest BCUT2D eigenvalue weighted by molar-refractivity contribution is -0.160. The molecule has 3 rings (SSSR count). The van der Waals surface area contributed by atoms with E-state index in [-0.39, 0.29) is 30.4 Å². The third-order valence-corrected chi connectivity index (χ3v) is 6.92. The predicted octanol–water partition coefficient (Wildman–Crippen LogP) is 5.37. The lowest BCUT2D eigenvalue weighted by Crippen LogP contribution is -2.34. The molecule has 1 aliphatic heterocycles. The minimum absolute atomic E-state index is 0.0601. The summed E-state index contributed by atoms with van der Waals surface area (Å²) in [6.45, 7) is 8.47. The highest BCUT2D eigenvalue weighted by Crippen LogP contribution is 2.42. The fourth-order valence-corrected chi connectivity index (χ4v) is 4.85. The smallest absolute Gasteiger partial charge is 0.308 e. The molecule has 6 atom stereocenters. The molecule has 1 saturated heterocycles. The number of aliphatic hydroxyl groups excluding tert-OH is 1. The number of aliphatic hydroxyl groups is 1. The Morgan fingerprint density at radius 3 is 2.74 bits per heavy atom. The third-order valence-electron chi connectivity index (χ3n) is 6.92. The van der Waals surface area contributed by atoms with Gasteiger partial charge in [-0.3, -0.25) is 9.59 Å². The molecule has 1 fully saturated rings. The van der Waals surface area contributed by atoms with E-state index in [0.717, 1.165) is 19.3 Å². The zero-order valence-corrected chi connectivity index (χ0v) is 19.8. The molecule has 1 N–H and O–H groups in total. The summed E-state index contributed by atoms with van der Waals surface area (Å²) in [5.41, 5.74) is 1.53. The number of hydrogen-bond donors (Lipinski definition) is 1. The summed E-state index contributed by atoms with van der Waals surface area (Å²) in [5, 5.41) is 9.74. The zero-order chi connectivity index (χ0) is 22.8. The van der Waals surface area contributed by atoms with Crippen LogP contribution >= 0.6 is 0 Å². The molecule has 0 saturated carbocycles. The van der Waals surface area contributed by atoms with Crippen LogP contribution in [0.3, 0.4) is 0 Å². The van der Waals surface area contributed by atoms with Gasteiger partial charge in [0, 0.05) is 6.42 Å².